The molecular weight excluding hydrogens is 465 g/mol. The molecule has 3 rings (SSSR count). The first-order valence-corrected chi connectivity index (χ1v) is 11.4. The van der Waals surface area contributed by atoms with Gasteiger partial charge >= 0.3 is 6.18 Å². The van der Waals surface area contributed by atoms with Gasteiger partial charge < -0.3 is 15.5 Å². The molecule has 1 heterocycles. The molecule has 0 saturated carbocycles. The molecule has 8 nitrogen and oxygen atoms in total. The fourth-order valence-corrected chi connectivity index (χ4v) is 4.04. The Morgan fingerprint density at radius 3 is 2.49 bits per heavy atom. The summed E-state index contributed by atoms with van der Waals surface area (Å²) >= 11 is 0. The van der Waals surface area contributed by atoms with Crippen LogP contribution in [0.5, 0.6) is 0 Å². The zero-order chi connectivity index (χ0) is 25.6. The fraction of sp³-hybridized carbons (Fsp3) is 0.417. The average Bonchev–Trinajstić information content (AvgIpc) is 2.82. The molecule has 2 N–H and O–H groups in total. The van der Waals surface area contributed by atoms with E-state index in [1.807, 2.05) is 13.0 Å². The van der Waals surface area contributed by atoms with Crippen LogP contribution in [-0.4, -0.2) is 29.8 Å². The normalized spacial score (nSPS) is 14.5. The van der Waals surface area contributed by atoms with Crippen LogP contribution in [0, 0.1) is 16.0 Å². The van der Waals surface area contributed by atoms with Gasteiger partial charge in [-0.3, -0.25) is 19.7 Å². The van der Waals surface area contributed by atoms with Crippen LogP contribution in [-0.2, 0) is 22.3 Å². The SMILES string of the molecule is CCCC(=O)Nc1cccc(CNC(=O)C2CCN(c3ccc(C(F)(F)F)cc3[N+](=O)[O-])CC2)c1. The molecule has 35 heavy (non-hydrogen) atoms. The Morgan fingerprint density at radius 1 is 1.14 bits per heavy atom. The van der Waals surface area contributed by atoms with Gasteiger partial charge in [-0.1, -0.05) is 19.1 Å². The van der Waals surface area contributed by atoms with E-state index in [9.17, 15) is 32.9 Å². The van der Waals surface area contributed by atoms with E-state index in [0.717, 1.165) is 24.1 Å². The first-order chi connectivity index (χ1) is 16.6. The van der Waals surface area contributed by atoms with Gasteiger partial charge in [-0.05, 0) is 49.1 Å². The van der Waals surface area contributed by atoms with Gasteiger partial charge in [0.05, 0.1) is 10.5 Å². The molecule has 188 valence electrons. The van der Waals surface area contributed by atoms with Crippen molar-refractivity contribution in [3.63, 3.8) is 0 Å². The monoisotopic (exact) mass is 492 g/mol. The largest absolute Gasteiger partial charge is 0.416 e. The summed E-state index contributed by atoms with van der Waals surface area (Å²) in [7, 11) is 0. The Morgan fingerprint density at radius 2 is 1.86 bits per heavy atom. The fourth-order valence-electron chi connectivity index (χ4n) is 4.04. The summed E-state index contributed by atoms with van der Waals surface area (Å²) in [5.74, 6) is -0.548. The van der Waals surface area contributed by atoms with Crippen LogP contribution in [0.4, 0.5) is 30.2 Å². The number of anilines is 2. The first-order valence-electron chi connectivity index (χ1n) is 11.4. The number of piperidine rings is 1. The number of nitro benzene ring substituents is 1. The van der Waals surface area contributed by atoms with Crippen molar-refractivity contribution in [3.8, 4) is 0 Å². The molecular formula is C24H27F3N4O4. The van der Waals surface area contributed by atoms with E-state index in [0.29, 0.717) is 44.1 Å². The van der Waals surface area contributed by atoms with E-state index in [1.165, 1.54) is 0 Å². The standard InChI is InChI=1S/C24H27F3N4O4/c1-2-4-22(32)29-19-6-3-5-16(13-19)15-28-23(33)17-9-11-30(12-10-17)20-8-7-18(24(25,26)27)14-21(20)31(34)35/h3,5-8,13-14,17H,2,4,9-12,15H2,1H3,(H,28,33)(H,29,32). The Bertz CT molecular complexity index is 1080. The number of amides is 2. The number of rotatable bonds is 8. The van der Waals surface area contributed by atoms with Gasteiger partial charge in [0.15, 0.2) is 0 Å². The lowest BCUT2D eigenvalue weighted by molar-refractivity contribution is -0.384. The minimum atomic E-state index is -4.67. The molecule has 0 aliphatic carbocycles. The van der Waals surface area contributed by atoms with E-state index in [2.05, 4.69) is 10.6 Å². The molecule has 2 aromatic rings. The lowest BCUT2D eigenvalue weighted by Crippen LogP contribution is -2.40. The second-order valence-corrected chi connectivity index (χ2v) is 8.44. The number of alkyl halides is 3. The molecule has 2 amide bonds. The molecule has 0 spiro atoms. The Balaban J connectivity index is 1.56. The first kappa shape index (κ1) is 26.0. The molecule has 1 fully saturated rings. The second-order valence-electron chi connectivity index (χ2n) is 8.44. The number of hydrogen-bond acceptors (Lipinski definition) is 5. The van der Waals surface area contributed by atoms with Crippen LogP contribution in [0.15, 0.2) is 42.5 Å². The summed E-state index contributed by atoms with van der Waals surface area (Å²) < 4.78 is 38.9. The number of carbonyl (C=O) groups is 2. The van der Waals surface area contributed by atoms with Gasteiger partial charge in [0.2, 0.25) is 11.8 Å². The third kappa shape index (κ3) is 6.93. The Kier molecular flexibility index (Phi) is 8.31. The lowest BCUT2D eigenvalue weighted by atomic mass is 9.95. The molecule has 0 atom stereocenters. The number of halogens is 3. The summed E-state index contributed by atoms with van der Waals surface area (Å²) in [6.45, 7) is 2.81. The Hall–Kier alpha value is -3.63. The molecule has 0 radical (unpaired) electrons. The number of hydrogen-bond donors (Lipinski definition) is 2. The molecule has 1 aliphatic heterocycles. The topological polar surface area (TPSA) is 105 Å². The van der Waals surface area contributed by atoms with Crippen molar-refractivity contribution in [2.24, 2.45) is 5.92 Å². The predicted octanol–water partition coefficient (Wildman–Crippen LogP) is 4.89. The van der Waals surface area contributed by atoms with Crippen LogP contribution >= 0.6 is 0 Å². The minimum Gasteiger partial charge on any atom is -0.366 e. The zero-order valence-electron chi connectivity index (χ0n) is 19.2. The van der Waals surface area contributed by atoms with Crippen LogP contribution in [0.1, 0.15) is 43.7 Å². The maximum atomic E-state index is 13.0. The summed E-state index contributed by atoms with van der Waals surface area (Å²) in [6.07, 6.45) is -2.68. The van der Waals surface area contributed by atoms with Crippen molar-refractivity contribution in [1.29, 1.82) is 0 Å². The third-order valence-electron chi connectivity index (χ3n) is 5.86. The van der Waals surface area contributed by atoms with Crippen molar-refractivity contribution in [1.82, 2.24) is 5.32 Å². The number of carbonyl (C=O) groups excluding carboxylic acids is 2. The van der Waals surface area contributed by atoms with Gasteiger partial charge in [-0.2, -0.15) is 13.2 Å². The number of nitrogens with zero attached hydrogens (tertiary/aromatic N) is 2. The van der Waals surface area contributed by atoms with Crippen molar-refractivity contribution in [2.45, 2.75) is 45.3 Å². The van der Waals surface area contributed by atoms with Crippen LogP contribution < -0.4 is 15.5 Å². The maximum absolute atomic E-state index is 13.0. The van der Waals surface area contributed by atoms with Gasteiger partial charge in [-0.15, -0.1) is 0 Å². The lowest BCUT2D eigenvalue weighted by Gasteiger charge is -2.32. The van der Waals surface area contributed by atoms with Crippen LogP contribution in [0.2, 0.25) is 0 Å². The summed E-state index contributed by atoms with van der Waals surface area (Å²) in [5.41, 5.74) is -0.0826. The summed E-state index contributed by atoms with van der Waals surface area (Å²) in [6, 6.07) is 9.69. The maximum Gasteiger partial charge on any atom is 0.416 e. The van der Waals surface area contributed by atoms with E-state index in [1.54, 1.807) is 23.1 Å². The second kappa shape index (κ2) is 11.2. The Labute approximate surface area is 200 Å². The molecule has 1 saturated heterocycles. The molecule has 0 aromatic heterocycles. The minimum absolute atomic E-state index is 0.0753. The van der Waals surface area contributed by atoms with Gasteiger partial charge in [0.25, 0.3) is 5.69 Å². The highest BCUT2D eigenvalue weighted by Gasteiger charge is 2.34. The van der Waals surface area contributed by atoms with Crippen LogP contribution in [0.3, 0.4) is 0 Å². The van der Waals surface area contributed by atoms with Crippen molar-refractivity contribution in [3.05, 3.63) is 63.7 Å². The third-order valence-corrected chi connectivity index (χ3v) is 5.86. The zero-order valence-corrected chi connectivity index (χ0v) is 19.2. The summed E-state index contributed by atoms with van der Waals surface area (Å²) in [5, 5.41) is 17.1. The molecule has 0 unspecified atom stereocenters. The smallest absolute Gasteiger partial charge is 0.366 e. The molecule has 1 aliphatic rings. The van der Waals surface area contributed by atoms with Gasteiger partial charge in [0, 0.05) is 43.7 Å². The quantitative estimate of drug-likeness (QED) is 0.404. The highest BCUT2D eigenvalue weighted by atomic mass is 19.4. The van der Waals surface area contributed by atoms with E-state index >= 15 is 0 Å². The molecule has 0 bridgehead atoms. The number of nitrogens with one attached hydrogen (secondary N) is 2. The molecule has 2 aromatic carbocycles. The number of benzene rings is 2. The van der Waals surface area contributed by atoms with Gasteiger partial charge in [0.1, 0.15) is 5.69 Å². The van der Waals surface area contributed by atoms with Crippen molar-refractivity contribution >= 4 is 28.9 Å². The van der Waals surface area contributed by atoms with E-state index in [-0.39, 0.29) is 30.0 Å². The predicted molar refractivity (Wildman–Crippen MR) is 125 cm³/mol. The van der Waals surface area contributed by atoms with E-state index < -0.39 is 22.4 Å². The van der Waals surface area contributed by atoms with Crippen molar-refractivity contribution in [2.75, 3.05) is 23.3 Å². The highest BCUT2D eigenvalue weighted by Crippen LogP contribution is 2.37. The average molecular weight is 492 g/mol. The highest BCUT2D eigenvalue weighted by molar-refractivity contribution is 5.90. The van der Waals surface area contributed by atoms with Crippen LogP contribution in [0.25, 0.3) is 0 Å². The summed E-state index contributed by atoms with van der Waals surface area (Å²) in [4.78, 5) is 36.6. The van der Waals surface area contributed by atoms with E-state index in [4.69, 9.17) is 0 Å². The molecule has 11 heteroatoms. The van der Waals surface area contributed by atoms with Gasteiger partial charge in [-0.25, -0.2) is 0 Å². The van der Waals surface area contributed by atoms with Crippen molar-refractivity contribution < 1.29 is 27.7 Å². The number of nitro groups is 1.